The number of ether oxygens (including phenoxy) is 2. The van der Waals surface area contributed by atoms with Crippen molar-refractivity contribution < 1.29 is 37.5 Å². The Morgan fingerprint density at radius 2 is 1.10 bits per heavy atom. The molecule has 0 amide bonds. The normalized spacial score (nSPS) is 14.6. The van der Waals surface area contributed by atoms with Crippen LogP contribution in [0, 0.1) is 5.92 Å². The van der Waals surface area contributed by atoms with Gasteiger partial charge in [0.15, 0.2) is 0 Å². The molecule has 8 bridgehead atoms. The Labute approximate surface area is 386 Å². The van der Waals surface area contributed by atoms with E-state index in [-0.39, 0.29) is 46.8 Å². The molecule has 6 heterocycles. The van der Waals surface area contributed by atoms with Gasteiger partial charge in [-0.05, 0) is 127 Å². The Bertz CT molecular complexity index is 2610. The Morgan fingerprint density at radius 3 is 1.57 bits per heavy atom. The van der Waals surface area contributed by atoms with Crippen molar-refractivity contribution in [1.29, 1.82) is 0 Å². The van der Waals surface area contributed by atoms with E-state index in [0.717, 1.165) is 100 Å². The summed E-state index contributed by atoms with van der Waals surface area (Å²) < 4.78 is 14.1. The van der Waals surface area contributed by atoms with Crippen LogP contribution < -0.4 is 19.4 Å². The summed E-state index contributed by atoms with van der Waals surface area (Å²) >= 11 is 7.71. The van der Waals surface area contributed by atoms with E-state index in [2.05, 4.69) is 44.0 Å². The first-order valence-corrected chi connectivity index (χ1v) is 20.8. The van der Waals surface area contributed by atoms with Crippen LogP contribution in [0.25, 0.3) is 68.6 Å². The molecule has 1 aliphatic carbocycles. The molecule has 3 aromatic heterocycles. The van der Waals surface area contributed by atoms with Crippen molar-refractivity contribution in [3.8, 4) is 33.8 Å². The minimum Gasteiger partial charge on any atom is -0.656 e. The second kappa shape index (κ2) is 19.4. The van der Waals surface area contributed by atoms with E-state index >= 15 is 0 Å². The maximum Gasteiger partial charge on any atom is 2.00 e. The molecule has 8 nitrogen and oxygen atoms in total. The summed E-state index contributed by atoms with van der Waals surface area (Å²) in [6, 6.07) is 24.2. The van der Waals surface area contributed by atoms with Crippen LogP contribution in [-0.2, 0) is 17.1 Å². The van der Waals surface area contributed by atoms with Crippen molar-refractivity contribution in [2.75, 3.05) is 13.2 Å². The van der Waals surface area contributed by atoms with Gasteiger partial charge in [-0.3, -0.25) is 0 Å². The zero-order valence-corrected chi connectivity index (χ0v) is 36.5. The van der Waals surface area contributed by atoms with Crippen LogP contribution in [0.3, 0.4) is 0 Å². The van der Waals surface area contributed by atoms with Crippen LogP contribution in [0.1, 0.15) is 35.6 Å². The van der Waals surface area contributed by atoms with E-state index in [4.69, 9.17) is 68.1 Å². The largest absolute Gasteiger partial charge is 2.00 e. The number of rotatable bonds is 12. The van der Waals surface area contributed by atoms with Crippen molar-refractivity contribution in [3.63, 3.8) is 0 Å². The van der Waals surface area contributed by atoms with E-state index in [1.165, 1.54) is 12.8 Å². The van der Waals surface area contributed by atoms with Gasteiger partial charge in [-0.1, -0.05) is 54.9 Å². The van der Waals surface area contributed by atoms with Crippen LogP contribution >= 0.6 is 31.9 Å². The number of benzene rings is 2. The average molecular weight is 952 g/mol. The monoisotopic (exact) mass is 951 g/mol. The number of nitrogens with zero attached hydrogens (tertiary/aromatic N) is 4. The Kier molecular flexibility index (Phi) is 14.9. The van der Waals surface area contributed by atoms with Crippen LogP contribution in [0.2, 0.25) is 12.1 Å². The van der Waals surface area contributed by atoms with Crippen molar-refractivity contribution in [1.82, 2.24) is 19.9 Å². The van der Waals surface area contributed by atoms with Gasteiger partial charge in [0.05, 0.1) is 42.6 Å². The Morgan fingerprint density at radius 1 is 0.633 bits per heavy atom. The van der Waals surface area contributed by atoms with Crippen molar-refractivity contribution in [2.45, 2.75) is 25.0 Å². The molecule has 1 atom stereocenters. The molecule has 287 valence electrons. The van der Waals surface area contributed by atoms with Crippen LogP contribution in [0.5, 0.6) is 11.5 Å². The smallest absolute Gasteiger partial charge is 0.656 e. The summed E-state index contributed by atoms with van der Waals surface area (Å²) in [5.41, 5.74) is 9.78. The molecule has 9 rings (SSSR count). The summed E-state index contributed by atoms with van der Waals surface area (Å²) in [7, 11) is 30.3. The molecule has 4 aliphatic rings. The van der Waals surface area contributed by atoms with Gasteiger partial charge in [-0.2, -0.15) is 0 Å². The van der Waals surface area contributed by atoms with Gasteiger partial charge in [0.1, 0.15) is 11.5 Å². The van der Waals surface area contributed by atoms with Gasteiger partial charge in [-0.25, -0.2) is 9.97 Å². The maximum atomic E-state index is 6.38. The van der Waals surface area contributed by atoms with Crippen molar-refractivity contribution in [3.05, 3.63) is 105 Å². The van der Waals surface area contributed by atoms with Gasteiger partial charge >= 0.3 is 17.1 Å². The van der Waals surface area contributed by atoms with Crippen molar-refractivity contribution >= 4 is 149 Å². The first-order valence-electron chi connectivity index (χ1n) is 19.2. The molecule has 1 saturated heterocycles. The summed E-state index contributed by atoms with van der Waals surface area (Å²) in [5.74, 6) is 2.45. The predicted molar refractivity (Wildman–Crippen MR) is 260 cm³/mol. The van der Waals surface area contributed by atoms with E-state index in [9.17, 15) is 0 Å². The number of hydrogen-bond acceptors (Lipinski definition) is 4. The third-order valence-corrected chi connectivity index (χ3v) is 12.8. The van der Waals surface area contributed by atoms with Crippen LogP contribution in [0.4, 0.5) is 0 Å². The first-order chi connectivity index (χ1) is 27.6. The van der Waals surface area contributed by atoms with Gasteiger partial charge in [-0.15, -0.1) is 22.1 Å². The average Bonchev–Trinajstić information content (AvgIpc) is 3.79. The topological polar surface area (TPSA) is 135 Å². The maximum absolute atomic E-state index is 6.38. The molecule has 1 saturated carbocycles. The molecule has 1 unspecified atom stereocenters. The standard InChI is InChI=1S/C39H28B10Br2N4O2.Cu.2H2O/c40-46(41)48(44)49(47(42)43)45-19-25(45)21-57-27-6-2-4-24(18-27)37-30-11-15-34(54-30)38(50)32-13-9-28(52-32)36(23-3-1-5-26(17-23)56-20-22-7-8-22)29-10-14-33(53-29)39(51)35-16-12-31(37)55-35;;;/h1-6,9-18,22,25H,7-8,19-21H2;;2*1H2/q-2;+2;;. The Hall–Kier alpha value is -3.31. The zero-order chi connectivity index (χ0) is 39.4. The quantitative estimate of drug-likeness (QED) is 0.162. The zero-order valence-electron chi connectivity index (χ0n) is 32.4. The molecule has 21 heteroatoms. The molecule has 11 radical (unpaired) electrons. The number of hydrogen-bond donors (Lipinski definition) is 0. The second-order valence-corrected chi connectivity index (χ2v) is 16.9. The minimum absolute atomic E-state index is 0. The van der Waals surface area contributed by atoms with E-state index in [1.54, 1.807) is 0 Å². The molecule has 0 spiro atoms. The molecular weight excluding hydrogens is 920 g/mol. The van der Waals surface area contributed by atoms with E-state index in [0.29, 0.717) is 12.5 Å². The molecule has 3 aliphatic heterocycles. The summed E-state index contributed by atoms with van der Waals surface area (Å²) in [4.78, 5) is 20.6. The number of fused-ring (bicyclic) bond motifs is 8. The molecule has 2 aromatic carbocycles. The third kappa shape index (κ3) is 9.67. The molecule has 60 heavy (non-hydrogen) atoms. The fourth-order valence-electron chi connectivity index (χ4n) is 7.81. The van der Waals surface area contributed by atoms with Gasteiger partial charge in [0.2, 0.25) is 0 Å². The third-order valence-electron chi connectivity index (χ3n) is 11.2. The van der Waals surface area contributed by atoms with E-state index in [1.807, 2.05) is 85.0 Å². The SMILES string of the molecule is O.O.[B]B([B])B([B])B(B([B])[B])B1CC1COc1cccc(-c2c3nc(c(Br)c4ccc([n-]4)c(-c4cccc(OCC5CC5)c4)c4nc(c(Br)c5ccc2[n-]5)C=C4)C=C3)c1.[Cu+2]. The predicted octanol–water partition coefficient (Wildman–Crippen LogP) is 4.79. The number of halogens is 2. The molecule has 2 fully saturated rings. The fourth-order valence-corrected chi connectivity index (χ4v) is 8.70. The Balaban J connectivity index is 0.00000201. The van der Waals surface area contributed by atoms with Gasteiger partial charge in [0, 0.05) is 73.2 Å². The fraction of sp³-hybridized carbons (Fsp3) is 0.179. The second-order valence-electron chi connectivity index (χ2n) is 15.3. The van der Waals surface area contributed by atoms with Gasteiger partial charge < -0.3 is 30.4 Å². The van der Waals surface area contributed by atoms with E-state index < -0.39 is 19.2 Å². The van der Waals surface area contributed by atoms with Gasteiger partial charge in [0.25, 0.3) is 0 Å². The summed E-state index contributed by atoms with van der Waals surface area (Å²) in [6.45, 7) is 1.41. The van der Waals surface area contributed by atoms with Crippen molar-refractivity contribution in [2.24, 2.45) is 5.92 Å². The first kappa shape index (κ1) is 46.2. The van der Waals surface area contributed by atoms with Crippen LogP contribution in [-0.4, -0.2) is 105 Å². The number of aromatic nitrogens is 4. The molecule has 5 aromatic rings. The molecular formula is C39H32B10Br2CuN4O4. The molecule has 4 N–H and O–H groups in total. The minimum atomic E-state index is -0.699. The summed E-state index contributed by atoms with van der Waals surface area (Å²) in [5, 5.41) is 0. The summed E-state index contributed by atoms with van der Waals surface area (Å²) in [6.07, 6.45) is 9.40. The van der Waals surface area contributed by atoms with Crippen LogP contribution in [0.15, 0.2) is 81.7 Å².